The van der Waals surface area contributed by atoms with E-state index in [4.69, 9.17) is 90.9 Å². The number of aliphatic imine (C=N–C) groups is 1. The number of pyridine rings is 2. The van der Waals surface area contributed by atoms with Crippen LogP contribution in [0.2, 0.25) is 10.3 Å². The van der Waals surface area contributed by atoms with Crippen LogP contribution in [0.15, 0.2) is 84.1 Å². The predicted molar refractivity (Wildman–Crippen MR) is 267 cm³/mol. The molecule has 0 saturated heterocycles. The summed E-state index contributed by atoms with van der Waals surface area (Å²) in [6.45, 7) is 3.89. The molecule has 0 spiro atoms. The lowest BCUT2D eigenvalue weighted by molar-refractivity contribution is -0.275. The topological polar surface area (TPSA) is 230 Å². The van der Waals surface area contributed by atoms with Gasteiger partial charge in [-0.2, -0.15) is 0 Å². The Kier molecular flexibility index (Phi) is 23.8. The Bertz CT molecular complexity index is 2770. The number of benzene rings is 3. The number of halogens is 8. The summed E-state index contributed by atoms with van der Waals surface area (Å²) in [5, 5.41) is 24.1. The number of methoxy groups -OCH3 is 1. The Hall–Kier alpha value is -5.16. The van der Waals surface area contributed by atoms with Gasteiger partial charge in [-0.15, -0.1) is 48.1 Å². The number of nitrogens with two attached hydrogens (primary N) is 1. The van der Waals surface area contributed by atoms with Crippen LogP contribution < -0.4 is 25.8 Å². The first-order chi connectivity index (χ1) is 32.2. The van der Waals surface area contributed by atoms with Gasteiger partial charge in [0.25, 0.3) is 0 Å². The number of nitrogens with one attached hydrogen (secondary N) is 4. The van der Waals surface area contributed by atoms with Crippen molar-refractivity contribution in [2.24, 2.45) is 4.99 Å². The van der Waals surface area contributed by atoms with Crippen LogP contribution in [0.4, 0.5) is 35.9 Å². The molecule has 0 saturated carbocycles. The van der Waals surface area contributed by atoms with Gasteiger partial charge in [0.2, 0.25) is 17.1 Å². The molecule has 364 valence electrons. The number of aryl methyl sites for hydroxylation is 2. The maximum absolute atomic E-state index is 12.4. The molecule has 1 aliphatic heterocycles. The van der Waals surface area contributed by atoms with E-state index in [1.54, 1.807) is 42.7 Å². The third-order valence-electron chi connectivity index (χ3n) is 8.50. The lowest BCUT2D eigenvalue weighted by Crippen LogP contribution is -2.18. The SMILES string of the molecule is COc1cc(NC(=O)CSC2=Nc3cnc(Cl)cc3C2)ccc1OC(F)(F)F.Cc1ccc(N)cc1CO.Cc1ccc(NC(=O)CCl)cc1CO.O=C(Cl)CCl.S=c1[nH]c2cnc(Cl)cc2[nH]1. The second kappa shape index (κ2) is 28.4. The minimum Gasteiger partial charge on any atom is -0.493 e. The van der Waals surface area contributed by atoms with Crippen molar-refractivity contribution < 1.29 is 47.2 Å². The quantitative estimate of drug-likeness (QED) is 0.0223. The zero-order valence-corrected chi connectivity index (χ0v) is 41.4. The van der Waals surface area contributed by atoms with Crippen LogP contribution in [0.1, 0.15) is 27.8 Å². The molecule has 3 aromatic heterocycles. The molecular weight excluding hydrogens is 1040 g/mol. The Morgan fingerprint density at radius 1 is 0.824 bits per heavy atom. The van der Waals surface area contributed by atoms with Crippen LogP contribution in [-0.4, -0.2) is 83.2 Å². The average Bonchev–Trinajstić information content (AvgIpc) is 3.89. The van der Waals surface area contributed by atoms with Gasteiger partial charge in [-0.05, 0) is 108 Å². The van der Waals surface area contributed by atoms with Gasteiger partial charge in [0.15, 0.2) is 16.3 Å². The van der Waals surface area contributed by atoms with E-state index in [1.165, 1.54) is 31.0 Å². The molecule has 4 heterocycles. The Morgan fingerprint density at radius 3 is 2.00 bits per heavy atom. The molecule has 0 bridgehead atoms. The lowest BCUT2D eigenvalue weighted by atomic mass is 10.1. The third-order valence-corrected chi connectivity index (χ3v) is 10.9. The Balaban J connectivity index is 0.000000255. The summed E-state index contributed by atoms with van der Waals surface area (Å²) in [4.78, 5) is 50.6. The molecule has 0 aliphatic carbocycles. The molecule has 0 radical (unpaired) electrons. The monoisotopic (exact) mass is 1080 g/mol. The second-order valence-electron chi connectivity index (χ2n) is 13.5. The van der Waals surface area contributed by atoms with Gasteiger partial charge in [0.1, 0.15) is 16.2 Å². The molecule has 25 heteroatoms. The number of aromatic amines is 2. The summed E-state index contributed by atoms with van der Waals surface area (Å²) in [5.74, 6) is -1.32. The zero-order valence-electron chi connectivity index (χ0n) is 35.9. The highest BCUT2D eigenvalue weighted by Gasteiger charge is 2.32. The number of fused-ring (bicyclic) bond motifs is 2. The summed E-state index contributed by atoms with van der Waals surface area (Å²) in [5.41, 5.74) is 14.3. The van der Waals surface area contributed by atoms with Gasteiger partial charge >= 0.3 is 6.36 Å². The molecule has 3 aromatic carbocycles. The molecule has 6 aromatic rings. The van der Waals surface area contributed by atoms with E-state index in [0.29, 0.717) is 32.9 Å². The highest BCUT2D eigenvalue weighted by Crippen LogP contribution is 2.35. The fraction of sp³-hybridized carbons (Fsp3) is 0.233. The number of H-pyrrole nitrogens is 2. The molecule has 68 heavy (non-hydrogen) atoms. The van der Waals surface area contributed by atoms with Crippen LogP contribution in [0.5, 0.6) is 11.5 Å². The fourth-order valence-electron chi connectivity index (χ4n) is 5.31. The maximum Gasteiger partial charge on any atom is 0.573 e. The molecule has 7 rings (SSSR count). The molecule has 0 unspecified atom stereocenters. The highest BCUT2D eigenvalue weighted by molar-refractivity contribution is 8.14. The largest absolute Gasteiger partial charge is 0.573 e. The summed E-state index contributed by atoms with van der Waals surface area (Å²) in [6, 6.07) is 17.9. The summed E-state index contributed by atoms with van der Waals surface area (Å²) in [6.07, 6.45) is -1.06. The number of thioether (sulfide) groups is 1. The van der Waals surface area contributed by atoms with Crippen molar-refractivity contribution in [2.75, 3.05) is 41.0 Å². The standard InChI is InChI=1S/C17H13ClF3N3O3S.C10H12ClNO2.C8H11NO.C6H4ClN3S.C2H2Cl2O/c1-26-13-6-10(2-3-12(13)27-17(19,20)21)23-15(25)8-28-16-5-9-4-14(18)22-7-11(9)24-16;1-7-2-3-9(4-8(7)6-13)12-10(14)5-11;1-6-2-3-8(9)4-7(6)5-10;7-5-1-3-4(2-8-5)10-6(11)9-3;3-1-2(4)5/h2-4,6-7H,5,8H2,1H3,(H,23,25);2-4,13H,5-6H2,1H3,(H,12,14);2-4,10H,5,9H2,1H3;1-2H,(H2,9,10,11);1H2. The lowest BCUT2D eigenvalue weighted by Gasteiger charge is -2.14. The molecule has 1 aliphatic rings. The van der Waals surface area contributed by atoms with Crippen molar-refractivity contribution in [1.82, 2.24) is 19.9 Å². The van der Waals surface area contributed by atoms with Crippen molar-refractivity contribution in [3.63, 3.8) is 0 Å². The minimum atomic E-state index is -4.84. The number of anilines is 3. The van der Waals surface area contributed by atoms with Gasteiger partial charge in [-0.25, -0.2) is 15.0 Å². The van der Waals surface area contributed by atoms with Crippen molar-refractivity contribution >= 4 is 138 Å². The maximum atomic E-state index is 12.4. The molecule has 0 fully saturated rings. The highest BCUT2D eigenvalue weighted by atomic mass is 35.5. The van der Waals surface area contributed by atoms with Gasteiger partial charge in [-0.3, -0.25) is 14.4 Å². The molecular formula is C43H42Cl5F3N8O7S2. The number of hydrogen-bond donors (Lipinski definition) is 7. The predicted octanol–water partition coefficient (Wildman–Crippen LogP) is 10.6. The first kappa shape index (κ1) is 57.2. The van der Waals surface area contributed by atoms with E-state index < -0.39 is 17.4 Å². The first-order valence-electron chi connectivity index (χ1n) is 19.3. The van der Waals surface area contributed by atoms with Gasteiger partial charge in [-0.1, -0.05) is 35.3 Å². The number of nitrogen functional groups attached to an aromatic ring is 1. The normalized spacial score (nSPS) is 11.1. The number of aromatic nitrogens is 4. The third kappa shape index (κ3) is 20.2. The molecule has 15 nitrogen and oxygen atoms in total. The van der Waals surface area contributed by atoms with E-state index in [1.807, 2.05) is 32.0 Å². The number of aliphatic hydroxyl groups excluding tert-OH is 2. The first-order valence-corrected chi connectivity index (χ1v) is 22.8. The van der Waals surface area contributed by atoms with Crippen LogP contribution in [0.25, 0.3) is 11.0 Å². The summed E-state index contributed by atoms with van der Waals surface area (Å²) in [7, 11) is 1.21. The van der Waals surface area contributed by atoms with E-state index in [2.05, 4.69) is 40.3 Å². The number of carbonyl (C=O) groups excluding carboxylic acids is 3. The smallest absolute Gasteiger partial charge is 0.493 e. The number of rotatable bonds is 10. The van der Waals surface area contributed by atoms with Crippen molar-refractivity contribution in [3.8, 4) is 11.5 Å². The Morgan fingerprint density at radius 2 is 1.40 bits per heavy atom. The van der Waals surface area contributed by atoms with Crippen molar-refractivity contribution in [1.29, 1.82) is 0 Å². The minimum absolute atomic E-state index is 0.0313. The summed E-state index contributed by atoms with van der Waals surface area (Å²) >= 11 is 32.5. The molecule has 8 N–H and O–H groups in total. The van der Waals surface area contributed by atoms with E-state index >= 15 is 0 Å². The zero-order chi connectivity index (χ0) is 50.6. The number of carbonyl (C=O) groups is 3. The van der Waals surface area contributed by atoms with Crippen LogP contribution in [0, 0.1) is 18.6 Å². The van der Waals surface area contributed by atoms with Crippen molar-refractivity contribution in [3.05, 3.63) is 122 Å². The van der Waals surface area contributed by atoms with Crippen LogP contribution in [-0.2, 0) is 34.0 Å². The average molecular weight is 1080 g/mol. The number of alkyl halides is 5. The van der Waals surface area contributed by atoms with Crippen LogP contribution in [0.3, 0.4) is 0 Å². The van der Waals surface area contributed by atoms with Crippen LogP contribution >= 0.6 is 82.0 Å². The van der Waals surface area contributed by atoms with Gasteiger partial charge in [0.05, 0.1) is 66.1 Å². The number of aliphatic hydroxyl groups is 2. The van der Waals surface area contributed by atoms with Gasteiger partial charge in [0, 0.05) is 35.6 Å². The second-order valence-corrected chi connectivity index (χ2v) is 16.7. The van der Waals surface area contributed by atoms with E-state index in [0.717, 1.165) is 55.6 Å². The Labute approximate surface area is 421 Å². The fourth-order valence-corrected chi connectivity index (χ4v) is 6.72. The number of ether oxygens (including phenoxy) is 2. The van der Waals surface area contributed by atoms with E-state index in [-0.39, 0.29) is 54.0 Å². The molecule has 0 atom stereocenters. The molecule has 2 amide bonds. The van der Waals surface area contributed by atoms with E-state index in [9.17, 15) is 27.6 Å². The number of amides is 2. The summed E-state index contributed by atoms with van der Waals surface area (Å²) < 4.78 is 46.4. The number of imidazole rings is 1. The number of hydrogen-bond acceptors (Lipinski definition) is 13. The number of nitrogens with zero attached hydrogens (tertiary/aromatic N) is 3. The van der Waals surface area contributed by atoms with Gasteiger partial charge < -0.3 is 46.0 Å². The van der Waals surface area contributed by atoms with Crippen molar-refractivity contribution in [2.45, 2.75) is 39.8 Å².